The van der Waals surface area contributed by atoms with Crippen LogP contribution in [0.5, 0.6) is 5.75 Å². The van der Waals surface area contributed by atoms with Gasteiger partial charge in [0.15, 0.2) is 0 Å². The zero-order chi connectivity index (χ0) is 22.5. The Morgan fingerprint density at radius 2 is 1.74 bits per heavy atom. The van der Waals surface area contributed by atoms with Crippen LogP contribution in [0.3, 0.4) is 0 Å². The Morgan fingerprint density at radius 3 is 2.32 bits per heavy atom. The minimum absolute atomic E-state index is 0.111. The summed E-state index contributed by atoms with van der Waals surface area (Å²) in [4.78, 5) is 29.3. The quantitative estimate of drug-likeness (QED) is 0.397. The first kappa shape index (κ1) is 22.5. The maximum absolute atomic E-state index is 14.8. The molecule has 6 nitrogen and oxygen atoms in total. The molecule has 2 aromatic rings. The number of carbonyl (C=O) groups excluding carboxylic acids is 2. The van der Waals surface area contributed by atoms with Gasteiger partial charge in [0.2, 0.25) is 0 Å². The molecule has 1 aliphatic heterocycles. The second kappa shape index (κ2) is 9.75. The predicted octanol–water partition coefficient (Wildman–Crippen LogP) is 3.60. The van der Waals surface area contributed by atoms with E-state index in [-0.39, 0.29) is 23.4 Å². The number of ketones is 1. The number of methoxy groups -OCH3 is 1. The van der Waals surface area contributed by atoms with Gasteiger partial charge < -0.3 is 19.6 Å². The van der Waals surface area contributed by atoms with Crippen molar-refractivity contribution in [3.05, 3.63) is 71.0 Å². The van der Waals surface area contributed by atoms with Gasteiger partial charge in [-0.1, -0.05) is 32.0 Å². The van der Waals surface area contributed by atoms with Crippen molar-refractivity contribution in [2.75, 3.05) is 33.3 Å². The van der Waals surface area contributed by atoms with E-state index in [1.165, 1.54) is 24.1 Å². The van der Waals surface area contributed by atoms with Crippen molar-refractivity contribution in [2.24, 2.45) is 0 Å². The number of amides is 1. The Hall–Kier alpha value is -3.19. The molecule has 31 heavy (non-hydrogen) atoms. The molecule has 1 aliphatic rings. The number of likely N-dealkylation sites (N-methyl/N-ethyl adjacent to an activating group) is 1. The lowest BCUT2D eigenvalue weighted by atomic mass is 9.95. The van der Waals surface area contributed by atoms with Crippen LogP contribution in [0.4, 0.5) is 4.39 Å². The fraction of sp³-hybridized carbons (Fsp3) is 0.333. The van der Waals surface area contributed by atoms with Crippen molar-refractivity contribution >= 4 is 17.4 Å². The first-order valence-electron chi connectivity index (χ1n) is 10.3. The van der Waals surface area contributed by atoms with Gasteiger partial charge >= 0.3 is 0 Å². The molecule has 2 aromatic carbocycles. The lowest BCUT2D eigenvalue weighted by Gasteiger charge is -2.28. The third-order valence-corrected chi connectivity index (χ3v) is 5.65. The molecular formula is C24H27FN2O4. The average Bonchev–Trinajstić information content (AvgIpc) is 3.04. The predicted molar refractivity (Wildman–Crippen MR) is 116 cm³/mol. The lowest BCUT2D eigenvalue weighted by molar-refractivity contribution is -0.140. The van der Waals surface area contributed by atoms with Gasteiger partial charge in [0.1, 0.15) is 17.3 Å². The normalized spacial score (nSPS) is 18.1. The van der Waals surface area contributed by atoms with Gasteiger partial charge in [-0.15, -0.1) is 0 Å². The Kier molecular flexibility index (Phi) is 7.07. The number of halogens is 1. The monoisotopic (exact) mass is 426 g/mol. The summed E-state index contributed by atoms with van der Waals surface area (Å²) in [7, 11) is 1.52. The smallest absolute Gasteiger partial charge is 0.295 e. The Bertz CT molecular complexity index is 983. The van der Waals surface area contributed by atoms with Gasteiger partial charge in [0.05, 0.1) is 18.7 Å². The second-order valence-corrected chi connectivity index (χ2v) is 7.27. The van der Waals surface area contributed by atoms with E-state index in [2.05, 4.69) is 4.90 Å². The molecule has 1 amide bonds. The summed E-state index contributed by atoms with van der Waals surface area (Å²) >= 11 is 0. The van der Waals surface area contributed by atoms with Crippen LogP contribution in [0, 0.1) is 5.82 Å². The number of carbonyl (C=O) groups is 2. The summed E-state index contributed by atoms with van der Waals surface area (Å²) in [6.07, 6.45) is 0. The number of likely N-dealkylation sites (tertiary alicyclic amines) is 1. The molecule has 3 rings (SSSR count). The van der Waals surface area contributed by atoms with Crippen LogP contribution in [-0.4, -0.2) is 59.9 Å². The van der Waals surface area contributed by atoms with Crippen LogP contribution in [-0.2, 0) is 9.59 Å². The number of aliphatic hydroxyl groups is 1. The highest BCUT2D eigenvalue weighted by atomic mass is 19.1. The number of nitrogens with zero attached hydrogens (tertiary/aromatic N) is 2. The third kappa shape index (κ3) is 4.46. The Labute approximate surface area is 181 Å². The highest BCUT2D eigenvalue weighted by Gasteiger charge is 2.46. The average molecular weight is 426 g/mol. The van der Waals surface area contributed by atoms with Gasteiger partial charge in [-0.2, -0.15) is 0 Å². The van der Waals surface area contributed by atoms with E-state index in [0.717, 1.165) is 13.1 Å². The van der Waals surface area contributed by atoms with E-state index in [9.17, 15) is 19.1 Å². The topological polar surface area (TPSA) is 70.1 Å². The molecule has 1 fully saturated rings. The third-order valence-electron chi connectivity index (χ3n) is 5.65. The first-order valence-corrected chi connectivity index (χ1v) is 10.3. The number of hydrogen-bond donors (Lipinski definition) is 1. The number of rotatable bonds is 8. The van der Waals surface area contributed by atoms with Crippen LogP contribution in [0.2, 0.25) is 0 Å². The Morgan fingerprint density at radius 1 is 1.10 bits per heavy atom. The van der Waals surface area contributed by atoms with Crippen molar-refractivity contribution < 1.29 is 23.8 Å². The molecule has 1 atom stereocenters. The Balaban J connectivity index is 2.10. The fourth-order valence-electron chi connectivity index (χ4n) is 3.82. The number of aliphatic hydroxyl groups excluding tert-OH is 1. The molecule has 1 N–H and O–H groups in total. The molecular weight excluding hydrogens is 399 g/mol. The second-order valence-electron chi connectivity index (χ2n) is 7.27. The van der Waals surface area contributed by atoms with E-state index < -0.39 is 23.5 Å². The van der Waals surface area contributed by atoms with Crippen LogP contribution in [0.15, 0.2) is 54.1 Å². The van der Waals surface area contributed by atoms with Gasteiger partial charge in [0, 0.05) is 24.2 Å². The van der Waals surface area contributed by atoms with E-state index in [0.29, 0.717) is 17.9 Å². The van der Waals surface area contributed by atoms with Crippen molar-refractivity contribution in [1.29, 1.82) is 0 Å². The summed E-state index contributed by atoms with van der Waals surface area (Å²) in [5.74, 6) is -1.85. The van der Waals surface area contributed by atoms with Gasteiger partial charge in [-0.05, 0) is 43.4 Å². The highest BCUT2D eigenvalue weighted by molar-refractivity contribution is 6.46. The summed E-state index contributed by atoms with van der Waals surface area (Å²) in [5, 5.41) is 11.0. The standard InChI is InChI=1S/C24H27FN2O4/c1-4-26(5-2)14-15-27-21(18-8-6-7-9-19(18)25)20(23(29)24(27)30)22(28)16-10-12-17(31-3)13-11-16/h6-13,21,28H,4-5,14-15H2,1-3H3/b22-20+/t21-/m0/s1. The summed E-state index contributed by atoms with van der Waals surface area (Å²) in [5.41, 5.74) is 0.417. The number of Topliss-reactive ketones (excluding diaryl/α,β-unsaturated/α-hetero) is 1. The maximum atomic E-state index is 14.8. The van der Waals surface area contributed by atoms with Crippen LogP contribution < -0.4 is 4.74 Å². The largest absolute Gasteiger partial charge is 0.507 e. The van der Waals surface area contributed by atoms with E-state index >= 15 is 0 Å². The first-order chi connectivity index (χ1) is 14.9. The summed E-state index contributed by atoms with van der Waals surface area (Å²) < 4.78 is 19.9. The lowest BCUT2D eigenvalue weighted by Crippen LogP contribution is -2.38. The minimum atomic E-state index is -1.00. The van der Waals surface area contributed by atoms with Crippen molar-refractivity contribution in [3.8, 4) is 5.75 Å². The summed E-state index contributed by atoms with van der Waals surface area (Å²) in [6.45, 7) is 6.37. The SMILES string of the molecule is CCN(CC)CCN1C(=O)C(=O)/C(=C(/O)c2ccc(OC)cc2)[C@@H]1c1ccccc1F. The van der Waals surface area contributed by atoms with Gasteiger partial charge in [-0.25, -0.2) is 4.39 Å². The molecule has 0 spiro atoms. The van der Waals surface area contributed by atoms with Crippen LogP contribution in [0.25, 0.3) is 5.76 Å². The minimum Gasteiger partial charge on any atom is -0.507 e. The molecule has 164 valence electrons. The highest BCUT2D eigenvalue weighted by Crippen LogP contribution is 2.40. The fourth-order valence-corrected chi connectivity index (χ4v) is 3.82. The zero-order valence-electron chi connectivity index (χ0n) is 18.0. The zero-order valence-corrected chi connectivity index (χ0v) is 18.0. The molecule has 0 unspecified atom stereocenters. The van der Waals surface area contributed by atoms with E-state index in [1.807, 2.05) is 13.8 Å². The number of hydrogen-bond acceptors (Lipinski definition) is 5. The molecule has 0 bridgehead atoms. The van der Waals surface area contributed by atoms with Crippen LogP contribution >= 0.6 is 0 Å². The molecule has 1 heterocycles. The van der Waals surface area contributed by atoms with E-state index in [4.69, 9.17) is 4.74 Å². The van der Waals surface area contributed by atoms with Gasteiger partial charge in [0.25, 0.3) is 11.7 Å². The maximum Gasteiger partial charge on any atom is 0.295 e. The van der Waals surface area contributed by atoms with Crippen molar-refractivity contribution in [3.63, 3.8) is 0 Å². The number of benzene rings is 2. The van der Waals surface area contributed by atoms with Crippen LogP contribution in [0.1, 0.15) is 31.0 Å². The van der Waals surface area contributed by atoms with Crippen molar-refractivity contribution in [1.82, 2.24) is 9.80 Å². The van der Waals surface area contributed by atoms with Gasteiger partial charge in [-0.3, -0.25) is 9.59 Å². The molecule has 0 aromatic heterocycles. The molecule has 1 saturated heterocycles. The van der Waals surface area contributed by atoms with Crippen molar-refractivity contribution in [2.45, 2.75) is 19.9 Å². The molecule has 7 heteroatoms. The molecule has 0 saturated carbocycles. The molecule has 0 radical (unpaired) electrons. The number of ether oxygens (including phenoxy) is 1. The molecule has 0 aliphatic carbocycles. The summed E-state index contributed by atoms with van der Waals surface area (Å²) in [6, 6.07) is 11.5. The van der Waals surface area contributed by atoms with E-state index in [1.54, 1.807) is 36.4 Å².